The number of carbonyl (C=O) groups is 1. The van der Waals surface area contributed by atoms with Gasteiger partial charge in [-0.1, -0.05) is 13.8 Å². The first kappa shape index (κ1) is 17.3. The predicted octanol–water partition coefficient (Wildman–Crippen LogP) is 2.78. The highest BCUT2D eigenvalue weighted by Gasteiger charge is 2.17. The number of ether oxygens (including phenoxy) is 2. The maximum atomic E-state index is 11.2. The van der Waals surface area contributed by atoms with Crippen molar-refractivity contribution in [3.8, 4) is 17.2 Å². The van der Waals surface area contributed by atoms with Crippen LogP contribution in [0.4, 0.5) is 16.3 Å². The molecule has 0 aliphatic heterocycles. The summed E-state index contributed by atoms with van der Waals surface area (Å²) in [4.78, 5) is 19.4. The topological polar surface area (TPSA) is 125 Å². The number of methoxy groups -OCH3 is 1. The fraction of sp³-hybridized carbons (Fsp3) is 0.312. The van der Waals surface area contributed by atoms with Crippen molar-refractivity contribution in [3.63, 3.8) is 0 Å². The van der Waals surface area contributed by atoms with Gasteiger partial charge >= 0.3 is 6.03 Å². The van der Waals surface area contributed by atoms with Gasteiger partial charge in [-0.15, -0.1) is 0 Å². The number of benzene rings is 1. The van der Waals surface area contributed by atoms with Gasteiger partial charge in [0.05, 0.1) is 19.0 Å². The number of nitrogens with one attached hydrogen (secondary N) is 1. The normalized spacial score (nSPS) is 10.5. The number of aryl methyl sites for hydroxylation is 1. The monoisotopic (exact) mass is 331 g/mol. The van der Waals surface area contributed by atoms with Gasteiger partial charge in [-0.2, -0.15) is 0 Å². The molecule has 0 fully saturated rings. The second kappa shape index (κ2) is 7.03. The molecule has 0 aliphatic rings. The third-order valence-corrected chi connectivity index (χ3v) is 3.34. The Kier molecular flexibility index (Phi) is 5.08. The fourth-order valence-corrected chi connectivity index (χ4v) is 2.19. The van der Waals surface area contributed by atoms with E-state index < -0.39 is 6.03 Å². The summed E-state index contributed by atoms with van der Waals surface area (Å²) in [7, 11) is 1.51. The average molecular weight is 331 g/mol. The van der Waals surface area contributed by atoms with Crippen LogP contribution in [0, 0.1) is 6.92 Å². The Hall–Kier alpha value is -3.03. The lowest BCUT2D eigenvalue weighted by Gasteiger charge is -2.18. The van der Waals surface area contributed by atoms with Crippen molar-refractivity contribution in [2.24, 2.45) is 5.73 Å². The minimum atomic E-state index is -0.699. The third-order valence-electron chi connectivity index (χ3n) is 3.34. The zero-order chi connectivity index (χ0) is 17.9. The first-order chi connectivity index (χ1) is 11.3. The minimum absolute atomic E-state index is 0.143. The summed E-state index contributed by atoms with van der Waals surface area (Å²) in [6.45, 7) is 5.76. The number of hydrogen-bond acceptors (Lipinski definition) is 6. The lowest BCUT2D eigenvalue weighted by atomic mass is 10.0. The third kappa shape index (κ3) is 3.83. The summed E-state index contributed by atoms with van der Waals surface area (Å²) in [5.74, 6) is 2.25. The van der Waals surface area contributed by atoms with Gasteiger partial charge in [0, 0.05) is 11.6 Å². The zero-order valence-corrected chi connectivity index (χ0v) is 14.1. The molecule has 2 rings (SSSR count). The highest BCUT2D eigenvalue weighted by atomic mass is 16.5. The molecule has 8 nitrogen and oxygen atoms in total. The molecule has 1 aromatic carbocycles. The first-order valence-electron chi connectivity index (χ1n) is 7.37. The number of primary amides is 1. The smallest absolute Gasteiger partial charge is 0.316 e. The Bertz CT molecular complexity index is 762. The molecule has 1 heterocycles. The number of amides is 2. The lowest BCUT2D eigenvalue weighted by molar-refractivity contribution is 0.259. The van der Waals surface area contributed by atoms with Crippen LogP contribution in [-0.2, 0) is 0 Å². The van der Waals surface area contributed by atoms with Crippen molar-refractivity contribution in [2.45, 2.75) is 26.7 Å². The maximum absolute atomic E-state index is 11.2. The van der Waals surface area contributed by atoms with Crippen molar-refractivity contribution in [1.29, 1.82) is 0 Å². The number of nitrogens with two attached hydrogens (primary N) is 2. The number of urea groups is 1. The van der Waals surface area contributed by atoms with Crippen molar-refractivity contribution in [3.05, 3.63) is 29.7 Å². The van der Waals surface area contributed by atoms with E-state index in [0.29, 0.717) is 28.8 Å². The number of rotatable bonds is 5. The van der Waals surface area contributed by atoms with E-state index in [-0.39, 0.29) is 11.7 Å². The molecule has 0 atom stereocenters. The Balaban J connectivity index is 2.51. The molecular formula is C16H21N5O3. The van der Waals surface area contributed by atoms with E-state index in [1.54, 1.807) is 19.1 Å². The van der Waals surface area contributed by atoms with Gasteiger partial charge < -0.3 is 26.3 Å². The van der Waals surface area contributed by atoms with Crippen molar-refractivity contribution < 1.29 is 14.3 Å². The molecule has 0 unspecified atom stereocenters. The average Bonchev–Trinajstić information content (AvgIpc) is 2.49. The minimum Gasteiger partial charge on any atom is -0.495 e. The summed E-state index contributed by atoms with van der Waals surface area (Å²) in [5.41, 5.74) is 12.4. The van der Waals surface area contributed by atoms with Crippen LogP contribution < -0.4 is 26.3 Å². The molecule has 8 heteroatoms. The van der Waals surface area contributed by atoms with E-state index >= 15 is 0 Å². The molecule has 0 bridgehead atoms. The van der Waals surface area contributed by atoms with Crippen molar-refractivity contribution in [1.82, 2.24) is 9.97 Å². The second-order valence-corrected chi connectivity index (χ2v) is 5.50. The number of aromatic nitrogens is 2. The van der Waals surface area contributed by atoms with Crippen LogP contribution in [0.15, 0.2) is 18.3 Å². The highest BCUT2D eigenvalue weighted by molar-refractivity contribution is 5.90. The summed E-state index contributed by atoms with van der Waals surface area (Å²) in [6, 6.07) is 2.73. The summed E-state index contributed by atoms with van der Waals surface area (Å²) >= 11 is 0. The molecular weight excluding hydrogens is 310 g/mol. The van der Waals surface area contributed by atoms with Crippen LogP contribution >= 0.6 is 0 Å². The van der Waals surface area contributed by atoms with Crippen LogP contribution in [-0.4, -0.2) is 23.1 Å². The van der Waals surface area contributed by atoms with Crippen LogP contribution in [0.3, 0.4) is 0 Å². The summed E-state index contributed by atoms with van der Waals surface area (Å²) < 4.78 is 11.2. The Labute approximate surface area is 140 Å². The van der Waals surface area contributed by atoms with Crippen molar-refractivity contribution >= 4 is 17.5 Å². The number of hydrogen-bond donors (Lipinski definition) is 3. The molecule has 0 spiro atoms. The standard InChI is InChI=1S/C16H21N5O3/c1-8(2)10-5-13(23-4)11(21-16(18)22)6-12(10)24-14-7-19-9(3)20-15(14)17/h5-8H,1-4H3,(H2,17,19,20)(H3,18,21,22). The second-order valence-electron chi connectivity index (χ2n) is 5.50. The van der Waals surface area contributed by atoms with E-state index in [2.05, 4.69) is 15.3 Å². The molecule has 0 radical (unpaired) electrons. The van der Waals surface area contributed by atoms with Gasteiger partial charge in [-0.3, -0.25) is 0 Å². The van der Waals surface area contributed by atoms with Crippen LogP contribution in [0.5, 0.6) is 17.2 Å². The maximum Gasteiger partial charge on any atom is 0.316 e. The van der Waals surface area contributed by atoms with Gasteiger partial charge in [0.25, 0.3) is 0 Å². The zero-order valence-electron chi connectivity index (χ0n) is 14.1. The molecule has 2 aromatic rings. The SMILES string of the molecule is COc1cc(C(C)C)c(Oc2cnc(C)nc2N)cc1NC(N)=O. The molecule has 1 aromatic heterocycles. The Morgan fingerprint density at radius 2 is 1.96 bits per heavy atom. The molecule has 0 aliphatic carbocycles. The number of nitrogen functional groups attached to an aromatic ring is 1. The van der Waals surface area contributed by atoms with E-state index in [4.69, 9.17) is 20.9 Å². The molecule has 24 heavy (non-hydrogen) atoms. The van der Waals surface area contributed by atoms with E-state index in [1.165, 1.54) is 13.3 Å². The summed E-state index contributed by atoms with van der Waals surface area (Å²) in [6.07, 6.45) is 1.51. The van der Waals surface area contributed by atoms with Gasteiger partial charge in [0.15, 0.2) is 11.6 Å². The first-order valence-corrected chi connectivity index (χ1v) is 7.37. The number of carbonyl (C=O) groups excluding carboxylic acids is 1. The molecule has 128 valence electrons. The summed E-state index contributed by atoms with van der Waals surface area (Å²) in [5, 5.41) is 2.51. The number of nitrogens with zero attached hydrogens (tertiary/aromatic N) is 2. The molecule has 5 N–H and O–H groups in total. The van der Waals surface area contributed by atoms with Crippen molar-refractivity contribution in [2.75, 3.05) is 18.2 Å². The largest absolute Gasteiger partial charge is 0.495 e. The van der Waals surface area contributed by atoms with E-state index in [9.17, 15) is 4.79 Å². The number of anilines is 2. The van der Waals surface area contributed by atoms with Crippen LogP contribution in [0.1, 0.15) is 31.2 Å². The predicted molar refractivity (Wildman–Crippen MR) is 91.5 cm³/mol. The van der Waals surface area contributed by atoms with E-state index in [0.717, 1.165) is 5.56 Å². The molecule has 2 amide bonds. The Morgan fingerprint density at radius 3 is 2.50 bits per heavy atom. The quantitative estimate of drug-likeness (QED) is 0.773. The lowest BCUT2D eigenvalue weighted by Crippen LogP contribution is -2.19. The Morgan fingerprint density at radius 1 is 1.25 bits per heavy atom. The van der Waals surface area contributed by atoms with Gasteiger partial charge in [0.2, 0.25) is 0 Å². The van der Waals surface area contributed by atoms with Gasteiger partial charge in [0.1, 0.15) is 17.3 Å². The van der Waals surface area contributed by atoms with E-state index in [1.807, 2.05) is 13.8 Å². The fourth-order valence-electron chi connectivity index (χ4n) is 2.19. The highest BCUT2D eigenvalue weighted by Crippen LogP contribution is 2.39. The van der Waals surface area contributed by atoms with Crippen LogP contribution in [0.25, 0.3) is 0 Å². The van der Waals surface area contributed by atoms with Gasteiger partial charge in [-0.25, -0.2) is 14.8 Å². The molecule has 0 saturated heterocycles. The van der Waals surface area contributed by atoms with Gasteiger partial charge in [-0.05, 0) is 18.9 Å². The molecule has 0 saturated carbocycles. The van der Waals surface area contributed by atoms with Crippen LogP contribution in [0.2, 0.25) is 0 Å².